The first kappa shape index (κ1) is 5.54. The third-order valence-electron chi connectivity index (χ3n) is 0.702. The van der Waals surface area contributed by atoms with Crippen LogP contribution in [0, 0.1) is 10.1 Å². The molecule has 1 rings (SSSR count). The monoisotopic (exact) mass is 128 g/mol. The normalized spacial score (nSPS) is 8.89. The number of rotatable bonds is 2. The minimum Gasteiger partial charge on any atom is -0.339 e. The van der Waals surface area contributed by atoms with Crippen LogP contribution in [0.15, 0.2) is 18.7 Å². The number of aromatic nitrogens is 2. The topological polar surface area (TPSA) is 73.0 Å². The van der Waals surface area contributed by atoms with Crippen LogP contribution in [0.25, 0.3) is 0 Å². The highest BCUT2D eigenvalue weighted by atomic mass is 16.7. The molecule has 48 valence electrons. The van der Waals surface area contributed by atoms with Gasteiger partial charge in [0.2, 0.25) is 6.33 Å². The van der Waals surface area contributed by atoms with E-state index < -0.39 is 5.03 Å². The SMILES string of the molecule is O=[N+]([O-])Nn1ccnc1. The second kappa shape index (κ2) is 2.12. The van der Waals surface area contributed by atoms with Gasteiger partial charge < -0.3 is 10.1 Å². The average molecular weight is 128 g/mol. The summed E-state index contributed by atoms with van der Waals surface area (Å²) in [7, 11) is 0. The van der Waals surface area contributed by atoms with Gasteiger partial charge >= 0.3 is 0 Å². The van der Waals surface area contributed by atoms with Crippen LogP contribution in [-0.4, -0.2) is 14.7 Å². The summed E-state index contributed by atoms with van der Waals surface area (Å²) < 4.78 is 1.14. The second-order valence-corrected chi connectivity index (χ2v) is 1.33. The second-order valence-electron chi connectivity index (χ2n) is 1.33. The third kappa shape index (κ3) is 1.41. The molecule has 0 saturated heterocycles. The van der Waals surface area contributed by atoms with E-state index in [0.717, 1.165) is 4.68 Å². The van der Waals surface area contributed by atoms with Gasteiger partial charge in [0, 0.05) is 5.03 Å². The quantitative estimate of drug-likeness (QED) is 0.435. The van der Waals surface area contributed by atoms with Gasteiger partial charge in [-0.1, -0.05) is 5.53 Å². The van der Waals surface area contributed by atoms with Gasteiger partial charge in [0.25, 0.3) is 0 Å². The molecule has 6 nitrogen and oxygen atoms in total. The van der Waals surface area contributed by atoms with Crippen molar-refractivity contribution in [2.75, 3.05) is 5.53 Å². The summed E-state index contributed by atoms with van der Waals surface area (Å²) in [5.41, 5.74) is 1.86. The molecule has 0 aromatic carbocycles. The summed E-state index contributed by atoms with van der Waals surface area (Å²) in [6, 6.07) is 0. The Morgan fingerprint density at radius 2 is 2.56 bits per heavy atom. The zero-order chi connectivity index (χ0) is 6.69. The van der Waals surface area contributed by atoms with Gasteiger partial charge in [-0.3, -0.25) is 0 Å². The minimum atomic E-state index is -0.665. The highest BCUT2D eigenvalue weighted by Crippen LogP contribution is 1.77. The molecule has 0 bridgehead atoms. The molecule has 1 aromatic heterocycles. The molecule has 0 aliphatic heterocycles. The van der Waals surface area contributed by atoms with Crippen molar-refractivity contribution in [3.05, 3.63) is 28.8 Å². The van der Waals surface area contributed by atoms with Crippen molar-refractivity contribution in [1.29, 1.82) is 0 Å². The van der Waals surface area contributed by atoms with Crippen LogP contribution in [0.3, 0.4) is 0 Å². The van der Waals surface area contributed by atoms with Crippen LogP contribution < -0.4 is 5.53 Å². The van der Waals surface area contributed by atoms with E-state index in [0.29, 0.717) is 0 Å². The molecule has 0 unspecified atom stereocenters. The number of hydrogen-bond donors (Lipinski definition) is 1. The molecule has 1 aromatic rings. The lowest BCUT2D eigenvalue weighted by atomic mass is 11.0. The van der Waals surface area contributed by atoms with E-state index in [1.54, 1.807) is 0 Å². The molecular formula is C3H4N4O2. The lowest BCUT2D eigenvalue weighted by Gasteiger charge is -1.93. The summed E-state index contributed by atoms with van der Waals surface area (Å²) in [5.74, 6) is 0. The lowest BCUT2D eigenvalue weighted by Crippen LogP contribution is -2.18. The standard InChI is InChI=1S/C3H4N4O2/c8-7(9)5-6-2-1-4-3-6/h1-3,5H. The Morgan fingerprint density at radius 3 is 3.00 bits per heavy atom. The van der Waals surface area contributed by atoms with Crippen LogP contribution in [0.4, 0.5) is 0 Å². The average Bonchev–Trinajstić information content (AvgIpc) is 2.15. The first-order chi connectivity index (χ1) is 4.29. The molecule has 0 aliphatic carbocycles. The number of hydrazine groups is 1. The number of nitrogens with one attached hydrogen (secondary N) is 1. The summed E-state index contributed by atoms with van der Waals surface area (Å²) in [6.07, 6.45) is 4.17. The van der Waals surface area contributed by atoms with Crippen molar-refractivity contribution in [1.82, 2.24) is 9.66 Å². The van der Waals surface area contributed by atoms with E-state index in [-0.39, 0.29) is 0 Å². The van der Waals surface area contributed by atoms with Gasteiger partial charge in [-0.05, 0) is 0 Å². The number of hydrogen-bond acceptors (Lipinski definition) is 3. The Balaban J connectivity index is 2.58. The van der Waals surface area contributed by atoms with Crippen LogP contribution >= 0.6 is 0 Å². The van der Waals surface area contributed by atoms with Crippen molar-refractivity contribution in [3.8, 4) is 0 Å². The Hall–Kier alpha value is -1.59. The number of imidazole rings is 1. The van der Waals surface area contributed by atoms with Crippen molar-refractivity contribution in [2.45, 2.75) is 0 Å². The van der Waals surface area contributed by atoms with Gasteiger partial charge in [0.05, 0.1) is 6.20 Å². The van der Waals surface area contributed by atoms with Crippen LogP contribution in [0.2, 0.25) is 0 Å². The summed E-state index contributed by atoms with van der Waals surface area (Å²) >= 11 is 0. The smallest absolute Gasteiger partial charge is 0.207 e. The van der Waals surface area contributed by atoms with Crippen molar-refractivity contribution >= 4 is 0 Å². The molecule has 9 heavy (non-hydrogen) atoms. The Labute approximate surface area is 50.2 Å². The number of nitrogens with zero attached hydrogens (tertiary/aromatic N) is 3. The molecule has 1 N–H and O–H groups in total. The molecule has 0 radical (unpaired) electrons. The molecule has 1 heterocycles. The largest absolute Gasteiger partial charge is 0.339 e. The first-order valence-electron chi connectivity index (χ1n) is 2.18. The fourth-order valence-corrected chi connectivity index (χ4v) is 0.413. The van der Waals surface area contributed by atoms with Gasteiger partial charge in [-0.15, -0.1) is 4.68 Å². The Morgan fingerprint density at radius 1 is 1.78 bits per heavy atom. The Bertz CT molecular complexity index is 194. The molecule has 0 amide bonds. The van der Waals surface area contributed by atoms with Gasteiger partial charge in [-0.25, -0.2) is 4.98 Å². The minimum absolute atomic E-state index is 0.665. The number of nitro groups is 1. The maximum atomic E-state index is 9.71. The molecule has 0 saturated carbocycles. The summed E-state index contributed by atoms with van der Waals surface area (Å²) in [5, 5.41) is 9.05. The van der Waals surface area contributed by atoms with Crippen molar-refractivity contribution in [2.24, 2.45) is 0 Å². The highest BCUT2D eigenvalue weighted by Gasteiger charge is 1.92. The molecule has 0 atom stereocenters. The lowest BCUT2D eigenvalue weighted by molar-refractivity contribution is -0.461. The van der Waals surface area contributed by atoms with E-state index >= 15 is 0 Å². The molecule has 0 fully saturated rings. The summed E-state index contributed by atoms with van der Waals surface area (Å²) in [6.45, 7) is 0. The predicted molar refractivity (Wildman–Crippen MR) is 28.6 cm³/mol. The van der Waals surface area contributed by atoms with Crippen molar-refractivity contribution < 1.29 is 5.03 Å². The van der Waals surface area contributed by atoms with Crippen LogP contribution in [-0.2, 0) is 0 Å². The third-order valence-corrected chi connectivity index (χ3v) is 0.702. The van der Waals surface area contributed by atoms with Gasteiger partial charge in [0.15, 0.2) is 0 Å². The van der Waals surface area contributed by atoms with Crippen molar-refractivity contribution in [3.63, 3.8) is 0 Å². The van der Waals surface area contributed by atoms with E-state index in [1.807, 2.05) is 5.53 Å². The molecular weight excluding hydrogens is 124 g/mol. The zero-order valence-electron chi connectivity index (χ0n) is 4.39. The van der Waals surface area contributed by atoms with Crippen LogP contribution in [0.1, 0.15) is 0 Å². The Kier molecular flexibility index (Phi) is 1.31. The first-order valence-corrected chi connectivity index (χ1v) is 2.18. The molecule has 0 aliphatic rings. The molecule has 0 spiro atoms. The predicted octanol–water partition coefficient (Wildman–Crippen LogP) is -0.382. The molecule has 6 heteroatoms. The maximum Gasteiger partial charge on any atom is 0.207 e. The fourth-order valence-electron chi connectivity index (χ4n) is 0.413. The zero-order valence-corrected chi connectivity index (χ0v) is 4.39. The van der Waals surface area contributed by atoms with Gasteiger partial charge in [0.1, 0.15) is 6.20 Å². The van der Waals surface area contributed by atoms with E-state index in [9.17, 15) is 10.1 Å². The van der Waals surface area contributed by atoms with E-state index in [1.165, 1.54) is 18.7 Å². The van der Waals surface area contributed by atoms with E-state index in [4.69, 9.17) is 0 Å². The van der Waals surface area contributed by atoms with Crippen LogP contribution in [0.5, 0.6) is 0 Å². The van der Waals surface area contributed by atoms with E-state index in [2.05, 4.69) is 4.98 Å². The summed E-state index contributed by atoms with van der Waals surface area (Å²) in [4.78, 5) is 13.3. The maximum absolute atomic E-state index is 9.71. The fraction of sp³-hybridized carbons (Fsp3) is 0. The highest BCUT2D eigenvalue weighted by molar-refractivity contribution is 4.74. The van der Waals surface area contributed by atoms with Gasteiger partial charge in [-0.2, -0.15) is 0 Å².